The molecule has 0 aromatic heterocycles. The average Bonchev–Trinajstić information content (AvgIpc) is 2.61. The second-order valence-corrected chi connectivity index (χ2v) is 6.06. The van der Waals surface area contributed by atoms with Crippen molar-refractivity contribution in [3.63, 3.8) is 0 Å². The lowest BCUT2D eigenvalue weighted by Gasteiger charge is -2.10. The van der Waals surface area contributed by atoms with Crippen LogP contribution in [0.25, 0.3) is 0 Å². The number of alkyl halides is 3. The maximum Gasteiger partial charge on any atom is 0.416 e. The van der Waals surface area contributed by atoms with E-state index < -0.39 is 23.6 Å². The lowest BCUT2D eigenvalue weighted by atomic mass is 10.1. The van der Waals surface area contributed by atoms with Gasteiger partial charge in [0.05, 0.1) is 17.5 Å². The van der Waals surface area contributed by atoms with Crippen molar-refractivity contribution < 1.29 is 27.9 Å². The van der Waals surface area contributed by atoms with E-state index >= 15 is 0 Å². The highest BCUT2D eigenvalue weighted by Crippen LogP contribution is 2.30. The number of para-hydroxylation sites is 1. The smallest absolute Gasteiger partial charge is 0.416 e. The molecule has 2 rings (SSSR count). The highest BCUT2D eigenvalue weighted by atomic mass is 19.4. The fraction of sp³-hybridized carbons (Fsp3) is 0.211. The van der Waals surface area contributed by atoms with Crippen molar-refractivity contribution in [1.29, 1.82) is 0 Å². The summed E-state index contributed by atoms with van der Waals surface area (Å²) in [5, 5.41) is 16.0. The van der Waals surface area contributed by atoms with Gasteiger partial charge >= 0.3 is 6.18 Å². The largest absolute Gasteiger partial charge is 0.507 e. The number of halogens is 3. The standard InChI is InChI=1S/C19H18F3N3O3/c1-11-5-3-8-15(17(11)27)18(28)25-24-12(2)9-16(26)23-14-7-4-6-13(10-14)19(20,21)22/h3-8,10,27H,9H2,1-2H3,(H,23,26)(H,25,28)/b24-12-. The predicted molar refractivity (Wildman–Crippen MR) is 98.1 cm³/mol. The first kappa shape index (κ1) is 20.9. The molecule has 6 nitrogen and oxygen atoms in total. The molecule has 148 valence electrons. The Hall–Kier alpha value is -3.36. The van der Waals surface area contributed by atoms with Gasteiger partial charge in [-0.15, -0.1) is 0 Å². The summed E-state index contributed by atoms with van der Waals surface area (Å²) in [7, 11) is 0. The third-order valence-corrected chi connectivity index (χ3v) is 3.72. The quantitative estimate of drug-likeness (QED) is 0.532. The SMILES string of the molecule is C/C(CC(=O)Nc1cccc(C(F)(F)F)c1)=N/NC(=O)c1cccc(C)c1O. The number of phenols is 1. The number of hydrazone groups is 1. The number of amides is 2. The molecule has 0 aliphatic rings. The molecule has 0 bridgehead atoms. The summed E-state index contributed by atoms with van der Waals surface area (Å²) in [6.45, 7) is 3.11. The van der Waals surface area contributed by atoms with Gasteiger partial charge in [-0.25, -0.2) is 5.43 Å². The van der Waals surface area contributed by atoms with E-state index in [1.165, 1.54) is 25.1 Å². The summed E-state index contributed by atoms with van der Waals surface area (Å²) in [6, 6.07) is 8.91. The number of hydrogen-bond donors (Lipinski definition) is 3. The van der Waals surface area contributed by atoms with Crippen molar-refractivity contribution in [2.75, 3.05) is 5.32 Å². The summed E-state index contributed by atoms with van der Waals surface area (Å²) < 4.78 is 38.1. The van der Waals surface area contributed by atoms with Gasteiger partial charge in [0.15, 0.2) is 0 Å². The molecule has 0 aliphatic carbocycles. The maximum atomic E-state index is 12.7. The van der Waals surface area contributed by atoms with Crippen LogP contribution in [0, 0.1) is 6.92 Å². The number of anilines is 1. The number of phenolic OH excluding ortho intramolecular Hbond substituents is 1. The van der Waals surface area contributed by atoms with Gasteiger partial charge in [-0.2, -0.15) is 18.3 Å². The molecular formula is C19H18F3N3O3. The third-order valence-electron chi connectivity index (χ3n) is 3.72. The molecule has 0 radical (unpaired) electrons. The van der Waals surface area contributed by atoms with Gasteiger partial charge in [0.25, 0.3) is 5.91 Å². The summed E-state index contributed by atoms with van der Waals surface area (Å²) in [6.07, 6.45) is -4.75. The normalized spacial score (nSPS) is 11.8. The zero-order chi connectivity index (χ0) is 20.9. The van der Waals surface area contributed by atoms with Crippen LogP contribution >= 0.6 is 0 Å². The van der Waals surface area contributed by atoms with E-state index in [1.807, 2.05) is 0 Å². The number of nitrogens with one attached hydrogen (secondary N) is 2. The van der Waals surface area contributed by atoms with Crippen LogP contribution in [0.5, 0.6) is 5.75 Å². The van der Waals surface area contributed by atoms with Gasteiger partial charge in [0.1, 0.15) is 5.75 Å². The molecule has 9 heteroatoms. The first-order chi connectivity index (χ1) is 13.1. The highest BCUT2D eigenvalue weighted by molar-refractivity contribution is 6.06. The van der Waals surface area contributed by atoms with E-state index in [2.05, 4.69) is 15.8 Å². The molecule has 0 unspecified atom stereocenters. The number of hydrogen-bond acceptors (Lipinski definition) is 4. The number of carbonyl (C=O) groups is 2. The summed E-state index contributed by atoms with van der Waals surface area (Å²) >= 11 is 0. The van der Waals surface area contributed by atoms with E-state index in [1.54, 1.807) is 19.1 Å². The number of aryl methyl sites for hydroxylation is 1. The van der Waals surface area contributed by atoms with Gasteiger partial charge in [0, 0.05) is 11.4 Å². The molecule has 0 saturated carbocycles. The van der Waals surface area contributed by atoms with Crippen molar-refractivity contribution in [3.8, 4) is 5.75 Å². The Labute approximate surface area is 159 Å². The average molecular weight is 393 g/mol. The lowest BCUT2D eigenvalue weighted by molar-refractivity contribution is -0.137. The first-order valence-electron chi connectivity index (χ1n) is 8.17. The number of rotatable bonds is 5. The second kappa shape index (κ2) is 8.55. The lowest BCUT2D eigenvalue weighted by Crippen LogP contribution is -2.21. The van der Waals surface area contributed by atoms with Crippen molar-refractivity contribution in [2.45, 2.75) is 26.4 Å². The zero-order valence-electron chi connectivity index (χ0n) is 15.1. The van der Waals surface area contributed by atoms with Crippen molar-refractivity contribution >= 4 is 23.2 Å². The Morgan fingerprint density at radius 2 is 1.82 bits per heavy atom. The predicted octanol–water partition coefficient (Wildman–Crippen LogP) is 3.85. The van der Waals surface area contributed by atoms with Crippen molar-refractivity contribution in [2.24, 2.45) is 5.10 Å². The minimum Gasteiger partial charge on any atom is -0.507 e. The molecular weight excluding hydrogens is 375 g/mol. The third kappa shape index (κ3) is 5.57. The van der Waals surface area contributed by atoms with Gasteiger partial charge < -0.3 is 10.4 Å². The minimum absolute atomic E-state index is 0.00124. The number of aromatic hydroxyl groups is 1. The highest BCUT2D eigenvalue weighted by Gasteiger charge is 2.30. The van der Waals surface area contributed by atoms with Crippen LogP contribution in [0.15, 0.2) is 47.6 Å². The summed E-state index contributed by atoms with van der Waals surface area (Å²) in [5.41, 5.74) is 2.13. The minimum atomic E-state index is -4.51. The van der Waals surface area contributed by atoms with Gasteiger partial charge in [-0.05, 0) is 43.7 Å². The Bertz CT molecular complexity index is 924. The molecule has 0 saturated heterocycles. The molecule has 0 atom stereocenters. The van der Waals surface area contributed by atoms with E-state index in [-0.39, 0.29) is 29.1 Å². The van der Waals surface area contributed by atoms with Crippen LogP contribution in [-0.4, -0.2) is 22.6 Å². The Morgan fingerprint density at radius 3 is 2.50 bits per heavy atom. The van der Waals surface area contributed by atoms with Gasteiger partial charge in [-0.3, -0.25) is 9.59 Å². The van der Waals surface area contributed by atoms with Gasteiger partial charge in [0.2, 0.25) is 5.91 Å². The molecule has 0 spiro atoms. The zero-order valence-corrected chi connectivity index (χ0v) is 15.1. The topological polar surface area (TPSA) is 90.8 Å². The van der Waals surface area contributed by atoms with Crippen LogP contribution in [0.2, 0.25) is 0 Å². The van der Waals surface area contributed by atoms with E-state index in [0.29, 0.717) is 5.56 Å². The number of nitrogens with zero attached hydrogens (tertiary/aromatic N) is 1. The van der Waals surface area contributed by atoms with Crippen LogP contribution in [0.4, 0.5) is 18.9 Å². The van der Waals surface area contributed by atoms with Crippen molar-refractivity contribution in [1.82, 2.24) is 5.43 Å². The fourth-order valence-corrected chi connectivity index (χ4v) is 2.30. The monoisotopic (exact) mass is 393 g/mol. The molecule has 2 amide bonds. The molecule has 3 N–H and O–H groups in total. The van der Waals surface area contributed by atoms with Crippen LogP contribution in [-0.2, 0) is 11.0 Å². The summed E-state index contributed by atoms with van der Waals surface area (Å²) in [5.74, 6) is -1.41. The van der Waals surface area contributed by atoms with Crippen molar-refractivity contribution in [3.05, 3.63) is 59.2 Å². The molecule has 0 fully saturated rings. The maximum absolute atomic E-state index is 12.7. The Kier molecular flexibility index (Phi) is 6.40. The van der Waals surface area contributed by atoms with Crippen LogP contribution in [0.1, 0.15) is 34.8 Å². The number of carbonyl (C=O) groups excluding carboxylic acids is 2. The summed E-state index contributed by atoms with van der Waals surface area (Å²) in [4.78, 5) is 24.0. The Morgan fingerprint density at radius 1 is 1.14 bits per heavy atom. The van der Waals surface area contributed by atoms with E-state index in [0.717, 1.165) is 12.1 Å². The first-order valence-corrected chi connectivity index (χ1v) is 8.17. The van der Waals surface area contributed by atoms with Crippen LogP contribution < -0.4 is 10.7 Å². The second-order valence-electron chi connectivity index (χ2n) is 6.06. The van der Waals surface area contributed by atoms with E-state index in [4.69, 9.17) is 0 Å². The molecule has 2 aromatic rings. The van der Waals surface area contributed by atoms with E-state index in [9.17, 15) is 27.9 Å². The molecule has 0 heterocycles. The fourth-order valence-electron chi connectivity index (χ4n) is 2.30. The van der Waals surface area contributed by atoms with Gasteiger partial charge in [-0.1, -0.05) is 18.2 Å². The Balaban J connectivity index is 1.97. The number of benzene rings is 2. The molecule has 28 heavy (non-hydrogen) atoms. The molecule has 2 aromatic carbocycles. The molecule has 0 aliphatic heterocycles. The van der Waals surface area contributed by atoms with Crippen LogP contribution in [0.3, 0.4) is 0 Å².